The van der Waals surface area contributed by atoms with Crippen LogP contribution in [0, 0.1) is 0 Å². The smallest absolute Gasteiger partial charge is 0.252 e. The number of benzene rings is 2. The summed E-state index contributed by atoms with van der Waals surface area (Å²) >= 11 is 9.47. The molecule has 0 bridgehead atoms. The van der Waals surface area contributed by atoms with Gasteiger partial charge in [0.25, 0.3) is 5.91 Å². The van der Waals surface area contributed by atoms with Gasteiger partial charge in [-0.15, -0.1) is 0 Å². The first kappa shape index (κ1) is 19.9. The lowest BCUT2D eigenvalue weighted by atomic mass is 9.84. The summed E-state index contributed by atoms with van der Waals surface area (Å²) in [6.45, 7) is 4.42. The van der Waals surface area contributed by atoms with Gasteiger partial charge in [-0.1, -0.05) is 53.5 Å². The van der Waals surface area contributed by atoms with Crippen molar-refractivity contribution < 1.29 is 13.2 Å². The highest BCUT2D eigenvalue weighted by Gasteiger charge is 2.23. The molecule has 0 aliphatic carbocycles. The zero-order chi connectivity index (χ0) is 18.8. The molecule has 0 aromatic heterocycles. The third-order valence-electron chi connectivity index (χ3n) is 3.93. The van der Waals surface area contributed by atoms with E-state index in [9.17, 15) is 13.2 Å². The Labute approximate surface area is 161 Å². The molecule has 0 saturated carbocycles. The van der Waals surface area contributed by atoms with Gasteiger partial charge in [0, 0.05) is 22.7 Å². The third kappa shape index (κ3) is 5.06. The Balaban J connectivity index is 2.18. The van der Waals surface area contributed by atoms with Crippen LogP contribution >= 0.6 is 27.5 Å². The molecule has 2 rings (SSSR count). The first-order valence-electron chi connectivity index (χ1n) is 7.54. The number of nitrogens with one attached hydrogen (secondary N) is 1. The molecule has 25 heavy (non-hydrogen) atoms. The molecule has 0 unspecified atom stereocenters. The number of hydrogen-bond donors (Lipinski definition) is 1. The van der Waals surface area contributed by atoms with Crippen LogP contribution in [0.2, 0.25) is 5.02 Å². The molecule has 0 aliphatic rings. The maximum Gasteiger partial charge on any atom is 0.252 e. The number of rotatable bonds is 5. The Morgan fingerprint density at radius 2 is 1.76 bits per heavy atom. The van der Waals surface area contributed by atoms with Crippen LogP contribution in [0.1, 0.15) is 29.8 Å². The van der Waals surface area contributed by atoms with E-state index in [1.165, 1.54) is 18.2 Å². The Kier molecular flexibility index (Phi) is 5.97. The predicted octanol–water partition coefficient (Wildman–Crippen LogP) is 4.21. The summed E-state index contributed by atoms with van der Waals surface area (Å²) in [6.07, 6.45) is 1.09. The molecule has 0 heterocycles. The van der Waals surface area contributed by atoms with Gasteiger partial charge in [0.2, 0.25) is 0 Å². The maximum atomic E-state index is 12.5. The van der Waals surface area contributed by atoms with Gasteiger partial charge in [-0.2, -0.15) is 0 Å². The van der Waals surface area contributed by atoms with E-state index in [-0.39, 0.29) is 20.9 Å². The van der Waals surface area contributed by atoms with Crippen LogP contribution in [0.4, 0.5) is 0 Å². The molecule has 2 aromatic carbocycles. The first-order chi connectivity index (χ1) is 11.5. The van der Waals surface area contributed by atoms with E-state index >= 15 is 0 Å². The lowest BCUT2D eigenvalue weighted by Crippen LogP contribution is -2.36. The van der Waals surface area contributed by atoms with Gasteiger partial charge >= 0.3 is 0 Å². The highest BCUT2D eigenvalue weighted by atomic mass is 79.9. The fraction of sp³-hybridized carbons (Fsp3) is 0.278. The number of sulfone groups is 1. The zero-order valence-corrected chi connectivity index (χ0v) is 17.3. The van der Waals surface area contributed by atoms with Crippen molar-refractivity contribution in [2.24, 2.45) is 0 Å². The molecule has 0 saturated heterocycles. The summed E-state index contributed by atoms with van der Waals surface area (Å²) in [5.41, 5.74) is 0.931. The minimum atomic E-state index is -3.41. The molecular weight excluding hydrogens is 426 g/mol. The Morgan fingerprint density at radius 1 is 1.16 bits per heavy atom. The fourth-order valence-corrected chi connectivity index (χ4v) is 3.42. The minimum absolute atomic E-state index is 0.0641. The average molecular weight is 445 g/mol. The second kappa shape index (κ2) is 7.48. The number of amides is 1. The molecule has 0 spiro atoms. The van der Waals surface area contributed by atoms with Crippen molar-refractivity contribution in [2.45, 2.75) is 24.2 Å². The van der Waals surface area contributed by atoms with E-state index in [0.717, 1.165) is 16.3 Å². The molecule has 0 radical (unpaired) electrons. The second-order valence-corrected chi connectivity index (χ2v) is 9.83. The van der Waals surface area contributed by atoms with Crippen LogP contribution in [-0.4, -0.2) is 27.1 Å². The van der Waals surface area contributed by atoms with Crippen LogP contribution in [0.5, 0.6) is 0 Å². The Hall–Kier alpha value is -1.37. The Morgan fingerprint density at radius 3 is 2.32 bits per heavy atom. The summed E-state index contributed by atoms with van der Waals surface area (Å²) in [4.78, 5) is 12.5. The van der Waals surface area contributed by atoms with Gasteiger partial charge in [-0.3, -0.25) is 4.79 Å². The van der Waals surface area contributed by atoms with Gasteiger partial charge in [0.05, 0.1) is 15.5 Å². The number of halogens is 2. The van der Waals surface area contributed by atoms with Gasteiger partial charge in [-0.05, 0) is 35.9 Å². The zero-order valence-electron chi connectivity index (χ0n) is 14.1. The van der Waals surface area contributed by atoms with E-state index in [1.54, 1.807) is 0 Å². The molecule has 0 aliphatic heterocycles. The van der Waals surface area contributed by atoms with Crippen LogP contribution in [0.15, 0.2) is 51.8 Å². The van der Waals surface area contributed by atoms with Crippen molar-refractivity contribution in [1.82, 2.24) is 5.32 Å². The minimum Gasteiger partial charge on any atom is -0.351 e. The third-order valence-corrected chi connectivity index (χ3v) is 5.90. The van der Waals surface area contributed by atoms with Crippen molar-refractivity contribution in [2.75, 3.05) is 12.8 Å². The molecular formula is C18H19BrClNO3S. The highest BCUT2D eigenvalue weighted by Crippen LogP contribution is 2.25. The van der Waals surface area contributed by atoms with Crippen molar-refractivity contribution in [3.8, 4) is 0 Å². The molecule has 0 atom stereocenters. The first-order valence-corrected chi connectivity index (χ1v) is 10.6. The molecule has 0 fully saturated rings. The number of hydrogen-bond acceptors (Lipinski definition) is 3. The van der Waals surface area contributed by atoms with Crippen molar-refractivity contribution >= 4 is 43.3 Å². The molecule has 134 valence electrons. The summed E-state index contributed by atoms with van der Waals surface area (Å²) in [5, 5.41) is 3.06. The maximum absolute atomic E-state index is 12.5. The van der Waals surface area contributed by atoms with Crippen molar-refractivity contribution in [3.63, 3.8) is 0 Å². The predicted molar refractivity (Wildman–Crippen MR) is 104 cm³/mol. The second-order valence-electron chi connectivity index (χ2n) is 6.49. The summed E-state index contributed by atoms with van der Waals surface area (Å²) in [5.74, 6) is -0.402. The fourth-order valence-electron chi connectivity index (χ4n) is 2.31. The topological polar surface area (TPSA) is 63.2 Å². The normalized spacial score (nSPS) is 12.0. The van der Waals surface area contributed by atoms with Crippen LogP contribution < -0.4 is 5.32 Å². The monoisotopic (exact) mass is 443 g/mol. The van der Waals surface area contributed by atoms with E-state index in [2.05, 4.69) is 21.2 Å². The van der Waals surface area contributed by atoms with Gasteiger partial charge < -0.3 is 5.32 Å². The molecule has 7 heteroatoms. The summed E-state index contributed by atoms with van der Waals surface area (Å²) in [7, 11) is -3.41. The SMILES string of the molecule is CC(C)(CNC(=O)c1cc(S(C)(=O)=O)ccc1Cl)c1ccc(Br)cc1. The van der Waals surface area contributed by atoms with E-state index in [0.29, 0.717) is 6.54 Å². The standard InChI is InChI=1S/C18H19BrClNO3S/c1-18(2,12-4-6-13(19)7-5-12)11-21-17(22)15-10-14(25(3,23)24)8-9-16(15)20/h4-10H,11H2,1-3H3,(H,21,22). The van der Waals surface area contributed by atoms with E-state index < -0.39 is 15.7 Å². The lowest BCUT2D eigenvalue weighted by molar-refractivity contribution is 0.0945. The molecule has 1 amide bonds. The van der Waals surface area contributed by atoms with E-state index in [1.807, 2.05) is 38.1 Å². The van der Waals surface area contributed by atoms with Gasteiger partial charge in [-0.25, -0.2) is 8.42 Å². The van der Waals surface area contributed by atoms with Gasteiger partial charge in [0.15, 0.2) is 9.84 Å². The molecule has 1 N–H and O–H groups in total. The summed E-state index contributed by atoms with van der Waals surface area (Å²) in [6, 6.07) is 12.0. The van der Waals surface area contributed by atoms with Crippen LogP contribution in [0.3, 0.4) is 0 Å². The Bertz CT molecular complexity index is 893. The molecule has 4 nitrogen and oxygen atoms in total. The number of carbonyl (C=O) groups is 1. The van der Waals surface area contributed by atoms with Gasteiger partial charge in [0.1, 0.15) is 0 Å². The van der Waals surface area contributed by atoms with Crippen molar-refractivity contribution in [1.29, 1.82) is 0 Å². The van der Waals surface area contributed by atoms with Crippen LogP contribution in [-0.2, 0) is 15.3 Å². The largest absolute Gasteiger partial charge is 0.351 e. The summed E-state index contributed by atoms with van der Waals surface area (Å²) < 4.78 is 24.3. The van der Waals surface area contributed by atoms with Crippen LogP contribution in [0.25, 0.3) is 0 Å². The number of carbonyl (C=O) groups excluding carboxylic acids is 1. The quantitative estimate of drug-likeness (QED) is 0.751. The average Bonchev–Trinajstić information content (AvgIpc) is 2.52. The van der Waals surface area contributed by atoms with E-state index in [4.69, 9.17) is 11.6 Å². The van der Waals surface area contributed by atoms with Crippen molar-refractivity contribution in [3.05, 3.63) is 63.1 Å². The lowest BCUT2D eigenvalue weighted by Gasteiger charge is -2.26. The molecule has 2 aromatic rings. The highest BCUT2D eigenvalue weighted by molar-refractivity contribution is 9.10.